The molecule has 3 fully saturated rings. The molecule has 0 radical (unpaired) electrons. The molecule has 1 unspecified atom stereocenters. The molecule has 216 valence electrons. The van der Waals surface area contributed by atoms with Gasteiger partial charge in [-0.3, -0.25) is 4.90 Å². The van der Waals surface area contributed by atoms with Crippen molar-refractivity contribution in [3.8, 4) is 0 Å². The molecule has 5 rings (SSSR count). The molecule has 2 N–H and O–H groups in total. The summed E-state index contributed by atoms with van der Waals surface area (Å²) in [6.07, 6.45) is -3.75. The molecule has 3 saturated heterocycles. The zero-order valence-corrected chi connectivity index (χ0v) is 23.5. The maximum Gasteiger partial charge on any atom is 0.421 e. The van der Waals surface area contributed by atoms with Crippen molar-refractivity contribution in [3.05, 3.63) is 47.3 Å². The van der Waals surface area contributed by atoms with Gasteiger partial charge in [-0.15, -0.1) is 11.3 Å². The van der Waals surface area contributed by atoms with Gasteiger partial charge in [0.05, 0.1) is 24.9 Å². The number of benzene rings is 1. The van der Waals surface area contributed by atoms with Crippen molar-refractivity contribution < 1.29 is 36.5 Å². The summed E-state index contributed by atoms with van der Waals surface area (Å²) in [6.45, 7) is 4.78. The van der Waals surface area contributed by atoms with Gasteiger partial charge in [0.15, 0.2) is 5.60 Å². The largest absolute Gasteiger partial charge is 0.421 e. The second-order valence-corrected chi connectivity index (χ2v) is 14.3. The van der Waals surface area contributed by atoms with Gasteiger partial charge in [-0.2, -0.15) is 17.5 Å². The first-order chi connectivity index (χ1) is 18.2. The fourth-order valence-corrected chi connectivity index (χ4v) is 8.66. The molecule has 8 nitrogen and oxygen atoms in total. The van der Waals surface area contributed by atoms with Crippen LogP contribution in [-0.4, -0.2) is 97.1 Å². The molecule has 2 bridgehead atoms. The molecule has 0 amide bonds. The number of nitrogens with zero attached hydrogens (tertiary/aromatic N) is 3. The zero-order chi connectivity index (χ0) is 28.2. The Morgan fingerprint density at radius 2 is 1.74 bits per heavy atom. The standard InChI is InChI=1S/C26H34F3N3O5S2/c1-24(33)12-20-16-37-17-21(13-24)32(20)15-22-14-30(39(35,36)23-4-3-11-38-23)9-10-31(22)19-7-5-18(6-8-19)25(2,34)26(27,28)29/h3-8,11,20-22,33-34H,9-10,12-17H2,1-2H3/t20-,21+,22-,24?,25+/m1/s1. The quantitative estimate of drug-likeness (QED) is 0.535. The lowest BCUT2D eigenvalue weighted by molar-refractivity contribution is -0.258. The van der Waals surface area contributed by atoms with Crippen LogP contribution in [0.3, 0.4) is 0 Å². The van der Waals surface area contributed by atoms with E-state index >= 15 is 0 Å². The molecule has 5 atom stereocenters. The Balaban J connectivity index is 1.43. The first-order valence-electron chi connectivity index (χ1n) is 12.9. The zero-order valence-electron chi connectivity index (χ0n) is 21.8. The van der Waals surface area contributed by atoms with Crippen LogP contribution in [0.5, 0.6) is 0 Å². The van der Waals surface area contributed by atoms with Crippen molar-refractivity contribution in [2.24, 2.45) is 0 Å². The second kappa shape index (κ2) is 10.3. The monoisotopic (exact) mass is 589 g/mol. The summed E-state index contributed by atoms with van der Waals surface area (Å²) in [6, 6.07) is 8.59. The third-order valence-electron chi connectivity index (χ3n) is 8.18. The van der Waals surface area contributed by atoms with Crippen LogP contribution in [0.2, 0.25) is 0 Å². The number of anilines is 1. The van der Waals surface area contributed by atoms with Crippen LogP contribution in [0.25, 0.3) is 0 Å². The number of sulfonamides is 1. The molecule has 0 aliphatic carbocycles. The number of piperazine rings is 1. The first-order valence-corrected chi connectivity index (χ1v) is 15.3. The first kappa shape index (κ1) is 28.8. The smallest absolute Gasteiger partial charge is 0.390 e. The van der Waals surface area contributed by atoms with E-state index in [1.807, 2.05) is 11.8 Å². The van der Waals surface area contributed by atoms with Crippen LogP contribution in [0.15, 0.2) is 46.0 Å². The Labute approximate surface area is 230 Å². The summed E-state index contributed by atoms with van der Waals surface area (Å²) in [5, 5.41) is 22.6. The maximum absolute atomic E-state index is 13.4. The highest BCUT2D eigenvalue weighted by molar-refractivity contribution is 7.91. The molecule has 2 aromatic rings. The van der Waals surface area contributed by atoms with Crippen LogP contribution in [0, 0.1) is 0 Å². The highest BCUT2D eigenvalue weighted by atomic mass is 32.2. The predicted molar refractivity (Wildman–Crippen MR) is 141 cm³/mol. The average molecular weight is 590 g/mol. The number of hydrogen-bond donors (Lipinski definition) is 2. The van der Waals surface area contributed by atoms with Crippen molar-refractivity contribution in [1.82, 2.24) is 9.21 Å². The second-order valence-electron chi connectivity index (χ2n) is 11.2. The number of aliphatic hydroxyl groups is 2. The minimum atomic E-state index is -4.83. The van der Waals surface area contributed by atoms with Gasteiger partial charge in [0.2, 0.25) is 0 Å². The number of rotatable bonds is 6. The summed E-state index contributed by atoms with van der Waals surface area (Å²) >= 11 is 1.16. The van der Waals surface area contributed by atoms with Crippen LogP contribution >= 0.6 is 11.3 Å². The van der Waals surface area contributed by atoms with Gasteiger partial charge in [-0.1, -0.05) is 18.2 Å². The predicted octanol–water partition coefficient (Wildman–Crippen LogP) is 3.01. The Morgan fingerprint density at radius 1 is 1.10 bits per heavy atom. The van der Waals surface area contributed by atoms with E-state index in [1.54, 1.807) is 29.6 Å². The van der Waals surface area contributed by atoms with E-state index in [0.717, 1.165) is 18.3 Å². The third kappa shape index (κ3) is 5.59. The van der Waals surface area contributed by atoms with Gasteiger partial charge >= 0.3 is 6.18 Å². The molecule has 3 aliphatic rings. The molecule has 4 heterocycles. The lowest BCUT2D eigenvalue weighted by atomic mass is 9.82. The Bertz CT molecular complexity index is 1240. The van der Waals surface area contributed by atoms with Gasteiger partial charge in [0.1, 0.15) is 4.21 Å². The van der Waals surface area contributed by atoms with Crippen molar-refractivity contribution >= 4 is 27.0 Å². The number of ether oxygens (including phenoxy) is 1. The fourth-order valence-electron chi connectivity index (χ4n) is 6.04. The summed E-state index contributed by atoms with van der Waals surface area (Å²) in [7, 11) is -3.69. The van der Waals surface area contributed by atoms with Crippen LogP contribution in [-0.2, 0) is 20.4 Å². The number of halogens is 3. The van der Waals surface area contributed by atoms with Gasteiger partial charge in [-0.05, 0) is 55.8 Å². The lowest BCUT2D eigenvalue weighted by Gasteiger charge is -2.53. The molecule has 0 spiro atoms. The van der Waals surface area contributed by atoms with Crippen LogP contribution in [0.4, 0.5) is 18.9 Å². The maximum atomic E-state index is 13.4. The van der Waals surface area contributed by atoms with Crippen LogP contribution < -0.4 is 4.90 Å². The van der Waals surface area contributed by atoms with E-state index < -0.39 is 27.4 Å². The normalized spacial score (nSPS) is 30.7. The molecule has 13 heteroatoms. The summed E-state index contributed by atoms with van der Waals surface area (Å²) < 4.78 is 74.4. The molecule has 0 saturated carbocycles. The van der Waals surface area contributed by atoms with Crippen molar-refractivity contribution in [3.63, 3.8) is 0 Å². The van der Waals surface area contributed by atoms with Crippen molar-refractivity contribution in [2.45, 2.75) is 66.4 Å². The van der Waals surface area contributed by atoms with Gasteiger partial charge in [-0.25, -0.2) is 8.42 Å². The Morgan fingerprint density at radius 3 is 2.31 bits per heavy atom. The van der Waals surface area contributed by atoms with E-state index in [4.69, 9.17) is 4.74 Å². The molecule has 1 aromatic heterocycles. The number of hydrogen-bond acceptors (Lipinski definition) is 8. The van der Waals surface area contributed by atoms with Gasteiger partial charge in [0, 0.05) is 44.0 Å². The number of alkyl halides is 3. The molecule has 1 aromatic carbocycles. The number of thiophene rings is 1. The summed E-state index contributed by atoms with van der Waals surface area (Å²) in [4.78, 5) is 4.33. The molecule has 3 aliphatic heterocycles. The highest BCUT2D eigenvalue weighted by Crippen LogP contribution is 2.40. The third-order valence-corrected chi connectivity index (χ3v) is 11.4. The van der Waals surface area contributed by atoms with E-state index in [2.05, 4.69) is 4.90 Å². The lowest BCUT2D eigenvalue weighted by Crippen LogP contribution is -2.66. The van der Waals surface area contributed by atoms with E-state index in [0.29, 0.717) is 44.8 Å². The van der Waals surface area contributed by atoms with Gasteiger partial charge in [0.25, 0.3) is 10.0 Å². The minimum absolute atomic E-state index is 0.0251. The Hall–Kier alpha value is -1.74. The average Bonchev–Trinajstić information content (AvgIpc) is 3.40. The Kier molecular flexibility index (Phi) is 7.58. The van der Waals surface area contributed by atoms with E-state index in [9.17, 15) is 31.8 Å². The number of morpholine rings is 1. The summed E-state index contributed by atoms with van der Waals surface area (Å²) in [5.74, 6) is 0. The summed E-state index contributed by atoms with van der Waals surface area (Å²) in [5.41, 5.74) is -3.40. The highest BCUT2D eigenvalue weighted by Gasteiger charge is 2.51. The van der Waals surface area contributed by atoms with Gasteiger partial charge < -0.3 is 19.8 Å². The van der Waals surface area contributed by atoms with Crippen molar-refractivity contribution in [1.29, 1.82) is 0 Å². The van der Waals surface area contributed by atoms with E-state index in [1.165, 1.54) is 16.4 Å². The SMILES string of the molecule is CC1(O)C[C@H]2COC[C@@H](C1)N2C[C@H]1CN(S(=O)(=O)c2cccs2)CCN1c1ccc([C@](C)(O)C(F)(F)F)cc1. The molecular formula is C26H34F3N3O5S2. The van der Waals surface area contributed by atoms with Crippen molar-refractivity contribution in [2.75, 3.05) is 44.3 Å². The molecule has 39 heavy (non-hydrogen) atoms. The number of piperidine rings is 1. The van der Waals surface area contributed by atoms with E-state index in [-0.39, 0.29) is 41.0 Å². The number of fused-ring (bicyclic) bond motifs is 2. The molecular weight excluding hydrogens is 555 g/mol. The topological polar surface area (TPSA) is 93.6 Å². The minimum Gasteiger partial charge on any atom is -0.390 e. The fraction of sp³-hybridized carbons (Fsp3) is 0.615. The van der Waals surface area contributed by atoms with Crippen LogP contribution in [0.1, 0.15) is 32.3 Å².